The first-order valence-electron chi connectivity index (χ1n) is 5.41. The van der Waals surface area contributed by atoms with E-state index in [0.29, 0.717) is 18.4 Å². The summed E-state index contributed by atoms with van der Waals surface area (Å²) in [4.78, 5) is 8.49. The van der Waals surface area contributed by atoms with E-state index in [0.717, 1.165) is 5.56 Å². The molecule has 4 nitrogen and oxygen atoms in total. The van der Waals surface area contributed by atoms with Crippen molar-refractivity contribution in [3.63, 3.8) is 0 Å². The van der Waals surface area contributed by atoms with Crippen molar-refractivity contribution in [1.29, 1.82) is 0 Å². The van der Waals surface area contributed by atoms with Crippen molar-refractivity contribution in [2.45, 2.75) is 32.2 Å². The fraction of sp³-hybridized carbons (Fsp3) is 0.636. The maximum absolute atomic E-state index is 5.81. The molecule has 1 atom stereocenters. The molecule has 0 saturated heterocycles. The summed E-state index contributed by atoms with van der Waals surface area (Å²) < 4.78 is 0. The van der Waals surface area contributed by atoms with Crippen molar-refractivity contribution in [1.82, 2.24) is 9.97 Å². The van der Waals surface area contributed by atoms with Gasteiger partial charge in [-0.1, -0.05) is 0 Å². The number of aromatic nitrogens is 2. The van der Waals surface area contributed by atoms with Crippen LogP contribution in [0.15, 0.2) is 12.4 Å². The van der Waals surface area contributed by atoms with Crippen LogP contribution in [0.1, 0.15) is 25.3 Å². The molecule has 0 bridgehead atoms. The number of hydrogen-bond donors (Lipinski definition) is 2. The van der Waals surface area contributed by atoms with Gasteiger partial charge in [-0.05, 0) is 38.2 Å². The number of rotatable bonds is 4. The normalized spacial score (nSPS) is 19.7. The minimum Gasteiger partial charge on any atom is -0.348 e. The number of nitrogens with zero attached hydrogens (tertiary/aromatic N) is 2. The van der Waals surface area contributed by atoms with Gasteiger partial charge in [-0.2, -0.15) is 0 Å². The quantitative estimate of drug-likeness (QED) is 0.780. The summed E-state index contributed by atoms with van der Waals surface area (Å²) in [5.74, 6) is 1.35. The summed E-state index contributed by atoms with van der Waals surface area (Å²) in [6, 6.07) is 0. The Balaban J connectivity index is 2.09. The molecule has 1 saturated carbocycles. The van der Waals surface area contributed by atoms with E-state index in [4.69, 9.17) is 5.73 Å². The van der Waals surface area contributed by atoms with Gasteiger partial charge in [0.2, 0.25) is 5.95 Å². The molecule has 0 radical (unpaired) electrons. The van der Waals surface area contributed by atoms with Crippen LogP contribution in [0.2, 0.25) is 0 Å². The van der Waals surface area contributed by atoms with Gasteiger partial charge in [-0.15, -0.1) is 0 Å². The molecule has 0 amide bonds. The van der Waals surface area contributed by atoms with E-state index >= 15 is 0 Å². The monoisotopic (exact) mass is 206 g/mol. The molecule has 1 aromatic rings. The lowest BCUT2D eigenvalue weighted by atomic mass is 9.96. The Morgan fingerprint density at radius 2 is 2.07 bits per heavy atom. The third-order valence-corrected chi connectivity index (χ3v) is 3.08. The topological polar surface area (TPSA) is 63.8 Å². The van der Waals surface area contributed by atoms with Gasteiger partial charge < -0.3 is 11.1 Å². The Kier molecular flexibility index (Phi) is 2.61. The van der Waals surface area contributed by atoms with Gasteiger partial charge in [-0.25, -0.2) is 9.97 Å². The SMILES string of the molecule is Cc1cnc(NC(C)(CN)C2CC2)nc1. The third-order valence-electron chi connectivity index (χ3n) is 3.08. The Morgan fingerprint density at radius 1 is 1.47 bits per heavy atom. The predicted octanol–water partition coefficient (Wildman–Crippen LogP) is 1.32. The highest BCUT2D eigenvalue weighted by Crippen LogP contribution is 2.40. The standard InChI is InChI=1S/C11H18N4/c1-8-5-13-10(14-6-8)15-11(2,7-12)9-3-4-9/h5-6,9H,3-4,7,12H2,1-2H3,(H,13,14,15). The zero-order chi connectivity index (χ0) is 10.9. The molecule has 0 aliphatic heterocycles. The zero-order valence-corrected chi connectivity index (χ0v) is 9.33. The number of aryl methyl sites for hydroxylation is 1. The summed E-state index contributed by atoms with van der Waals surface area (Å²) in [7, 11) is 0. The van der Waals surface area contributed by atoms with E-state index < -0.39 is 0 Å². The molecule has 1 fully saturated rings. The van der Waals surface area contributed by atoms with E-state index in [1.807, 2.05) is 19.3 Å². The molecule has 0 aromatic carbocycles. The Bertz CT molecular complexity index is 331. The van der Waals surface area contributed by atoms with Gasteiger partial charge >= 0.3 is 0 Å². The van der Waals surface area contributed by atoms with E-state index in [2.05, 4.69) is 22.2 Å². The summed E-state index contributed by atoms with van der Waals surface area (Å²) in [6.45, 7) is 4.75. The van der Waals surface area contributed by atoms with Crippen LogP contribution in [-0.2, 0) is 0 Å². The second-order valence-electron chi connectivity index (χ2n) is 4.60. The van der Waals surface area contributed by atoms with Gasteiger partial charge in [0.25, 0.3) is 0 Å². The summed E-state index contributed by atoms with van der Waals surface area (Å²) >= 11 is 0. The lowest BCUT2D eigenvalue weighted by Gasteiger charge is -2.29. The molecule has 1 aromatic heterocycles. The van der Waals surface area contributed by atoms with Crippen LogP contribution in [0.25, 0.3) is 0 Å². The molecule has 3 N–H and O–H groups in total. The number of nitrogens with two attached hydrogens (primary N) is 1. The van der Waals surface area contributed by atoms with Crippen molar-refractivity contribution < 1.29 is 0 Å². The average molecular weight is 206 g/mol. The number of anilines is 1. The lowest BCUT2D eigenvalue weighted by Crippen LogP contribution is -2.45. The molecule has 2 rings (SSSR count). The van der Waals surface area contributed by atoms with Crippen LogP contribution < -0.4 is 11.1 Å². The highest BCUT2D eigenvalue weighted by atomic mass is 15.1. The minimum atomic E-state index is -0.0464. The van der Waals surface area contributed by atoms with Crippen LogP contribution in [0.5, 0.6) is 0 Å². The molecule has 15 heavy (non-hydrogen) atoms. The van der Waals surface area contributed by atoms with Crippen molar-refractivity contribution >= 4 is 5.95 Å². The molecule has 1 unspecified atom stereocenters. The molecule has 1 aliphatic carbocycles. The Hall–Kier alpha value is -1.16. The van der Waals surface area contributed by atoms with Gasteiger partial charge in [-0.3, -0.25) is 0 Å². The van der Waals surface area contributed by atoms with Crippen molar-refractivity contribution in [2.24, 2.45) is 11.7 Å². The molecule has 82 valence electrons. The van der Waals surface area contributed by atoms with Gasteiger partial charge in [0.1, 0.15) is 0 Å². The number of nitrogens with one attached hydrogen (secondary N) is 1. The maximum Gasteiger partial charge on any atom is 0.223 e. The average Bonchev–Trinajstić information content (AvgIpc) is 3.05. The van der Waals surface area contributed by atoms with E-state index in [1.165, 1.54) is 12.8 Å². The van der Waals surface area contributed by atoms with Gasteiger partial charge in [0.15, 0.2) is 0 Å². The largest absolute Gasteiger partial charge is 0.348 e. The van der Waals surface area contributed by atoms with E-state index in [1.54, 1.807) is 0 Å². The van der Waals surface area contributed by atoms with Crippen molar-refractivity contribution in [3.8, 4) is 0 Å². The molecule has 1 heterocycles. The van der Waals surface area contributed by atoms with Gasteiger partial charge in [0, 0.05) is 18.9 Å². The number of hydrogen-bond acceptors (Lipinski definition) is 4. The zero-order valence-electron chi connectivity index (χ0n) is 9.33. The van der Waals surface area contributed by atoms with Crippen LogP contribution in [0.4, 0.5) is 5.95 Å². The molecule has 1 aliphatic rings. The Labute approximate surface area is 90.3 Å². The van der Waals surface area contributed by atoms with Crippen LogP contribution in [0, 0.1) is 12.8 Å². The Morgan fingerprint density at radius 3 is 2.53 bits per heavy atom. The third kappa shape index (κ3) is 2.26. The first-order valence-corrected chi connectivity index (χ1v) is 5.41. The fourth-order valence-corrected chi connectivity index (χ4v) is 1.75. The highest BCUT2D eigenvalue weighted by Gasteiger charge is 2.40. The van der Waals surface area contributed by atoms with Gasteiger partial charge in [0.05, 0.1) is 5.54 Å². The molecular formula is C11H18N4. The van der Waals surface area contributed by atoms with Crippen LogP contribution >= 0.6 is 0 Å². The lowest BCUT2D eigenvalue weighted by molar-refractivity contribution is 0.456. The summed E-state index contributed by atoms with van der Waals surface area (Å²) in [5, 5.41) is 3.35. The first-order chi connectivity index (χ1) is 7.14. The van der Waals surface area contributed by atoms with E-state index in [9.17, 15) is 0 Å². The molecule has 0 spiro atoms. The highest BCUT2D eigenvalue weighted by molar-refractivity contribution is 5.31. The summed E-state index contributed by atoms with van der Waals surface area (Å²) in [6.07, 6.45) is 6.15. The minimum absolute atomic E-state index is 0.0464. The molecule has 4 heteroatoms. The first kappa shape index (κ1) is 10.4. The van der Waals surface area contributed by atoms with Crippen LogP contribution in [-0.4, -0.2) is 22.1 Å². The maximum atomic E-state index is 5.81. The van der Waals surface area contributed by atoms with Crippen LogP contribution in [0.3, 0.4) is 0 Å². The van der Waals surface area contributed by atoms with E-state index in [-0.39, 0.29) is 5.54 Å². The predicted molar refractivity (Wildman–Crippen MR) is 60.6 cm³/mol. The smallest absolute Gasteiger partial charge is 0.223 e. The molecular weight excluding hydrogens is 188 g/mol. The van der Waals surface area contributed by atoms with Crippen molar-refractivity contribution in [3.05, 3.63) is 18.0 Å². The summed E-state index contributed by atoms with van der Waals surface area (Å²) in [5.41, 5.74) is 6.83. The second kappa shape index (κ2) is 3.77. The fourth-order valence-electron chi connectivity index (χ4n) is 1.75. The van der Waals surface area contributed by atoms with Crippen molar-refractivity contribution in [2.75, 3.05) is 11.9 Å². The second-order valence-corrected chi connectivity index (χ2v) is 4.60.